The minimum Gasteiger partial charge on any atom is -0.460 e. The molecule has 0 aliphatic rings. The molecular formula is C26H24O4. The zero-order valence-electron chi connectivity index (χ0n) is 17.1. The smallest absolute Gasteiger partial charge is 0.317 e. The summed E-state index contributed by atoms with van der Waals surface area (Å²) in [6, 6.07) is 26.8. The Morgan fingerprint density at radius 3 is 2.37 bits per heavy atom. The van der Waals surface area contributed by atoms with Crippen LogP contribution >= 0.6 is 0 Å². The van der Waals surface area contributed by atoms with E-state index in [-0.39, 0.29) is 18.5 Å². The first-order chi connectivity index (χ1) is 14.6. The third-order valence-electron chi connectivity index (χ3n) is 4.93. The van der Waals surface area contributed by atoms with Crippen molar-refractivity contribution in [2.45, 2.75) is 26.4 Å². The van der Waals surface area contributed by atoms with E-state index in [9.17, 15) is 4.79 Å². The zero-order chi connectivity index (χ0) is 20.9. The highest BCUT2D eigenvalue weighted by Gasteiger charge is 2.29. The maximum absolute atomic E-state index is 12.9. The second kappa shape index (κ2) is 8.87. The molecule has 4 nitrogen and oxygen atoms in total. The zero-order valence-corrected chi connectivity index (χ0v) is 17.1. The number of hydrogen-bond donors (Lipinski definition) is 0. The van der Waals surface area contributed by atoms with E-state index < -0.39 is 5.92 Å². The van der Waals surface area contributed by atoms with Gasteiger partial charge in [0.2, 0.25) is 0 Å². The van der Waals surface area contributed by atoms with Gasteiger partial charge in [-0.05, 0) is 47.9 Å². The predicted octanol–water partition coefficient (Wildman–Crippen LogP) is 6.71. The van der Waals surface area contributed by atoms with Crippen LogP contribution in [-0.4, -0.2) is 5.97 Å². The van der Waals surface area contributed by atoms with Crippen molar-refractivity contribution >= 4 is 16.9 Å². The fourth-order valence-corrected chi connectivity index (χ4v) is 3.44. The predicted molar refractivity (Wildman–Crippen MR) is 117 cm³/mol. The Morgan fingerprint density at radius 2 is 1.60 bits per heavy atom. The van der Waals surface area contributed by atoms with E-state index in [0.717, 1.165) is 22.3 Å². The summed E-state index contributed by atoms with van der Waals surface area (Å²) in [5.41, 5.74) is 1.64. The fraction of sp³-hybridized carbons (Fsp3) is 0.192. The van der Waals surface area contributed by atoms with Crippen LogP contribution in [0.1, 0.15) is 31.1 Å². The molecule has 1 atom stereocenters. The maximum atomic E-state index is 12.9. The topological polar surface area (TPSA) is 48.7 Å². The lowest BCUT2D eigenvalue weighted by molar-refractivity contribution is -0.148. The summed E-state index contributed by atoms with van der Waals surface area (Å²) >= 11 is 0. The SMILES string of the molecule is CC(C)C(C(=O)OCc1cccc(Oc2ccccc2)c1)c1cc2ccccc2o1. The van der Waals surface area contributed by atoms with Crippen molar-refractivity contribution in [1.82, 2.24) is 0 Å². The van der Waals surface area contributed by atoms with E-state index in [4.69, 9.17) is 13.9 Å². The molecule has 30 heavy (non-hydrogen) atoms. The molecule has 4 heteroatoms. The molecule has 0 radical (unpaired) electrons. The van der Waals surface area contributed by atoms with Gasteiger partial charge in [-0.15, -0.1) is 0 Å². The summed E-state index contributed by atoms with van der Waals surface area (Å²) in [4.78, 5) is 12.9. The molecule has 1 unspecified atom stereocenters. The third-order valence-corrected chi connectivity index (χ3v) is 4.93. The molecular weight excluding hydrogens is 376 g/mol. The van der Waals surface area contributed by atoms with E-state index in [1.54, 1.807) is 0 Å². The standard InChI is InChI=1S/C26H24O4/c1-18(2)25(24-16-20-10-6-7-14-23(20)30-24)26(27)28-17-19-9-8-13-22(15-19)29-21-11-4-3-5-12-21/h3-16,18,25H,17H2,1-2H3. The van der Waals surface area contributed by atoms with E-state index in [2.05, 4.69) is 0 Å². The Bertz CT molecular complexity index is 1090. The Kier molecular flexibility index (Phi) is 5.84. The molecule has 0 amide bonds. The van der Waals surface area contributed by atoms with Gasteiger partial charge in [0.25, 0.3) is 0 Å². The van der Waals surface area contributed by atoms with Crippen LogP contribution in [-0.2, 0) is 16.1 Å². The largest absolute Gasteiger partial charge is 0.460 e. The van der Waals surface area contributed by atoms with Gasteiger partial charge < -0.3 is 13.9 Å². The molecule has 4 rings (SSSR count). The van der Waals surface area contributed by atoms with Crippen LogP contribution < -0.4 is 4.74 Å². The molecule has 0 N–H and O–H groups in total. The number of ether oxygens (including phenoxy) is 2. The van der Waals surface area contributed by atoms with Gasteiger partial charge in [0, 0.05) is 5.39 Å². The Labute approximate surface area is 176 Å². The summed E-state index contributed by atoms with van der Waals surface area (Å²) in [6.45, 7) is 4.16. The van der Waals surface area contributed by atoms with Crippen LogP contribution in [0, 0.1) is 5.92 Å². The quantitative estimate of drug-likeness (QED) is 0.324. The summed E-state index contributed by atoms with van der Waals surface area (Å²) < 4.78 is 17.4. The first-order valence-corrected chi connectivity index (χ1v) is 10.1. The van der Waals surface area contributed by atoms with Gasteiger partial charge in [0.1, 0.15) is 35.4 Å². The monoisotopic (exact) mass is 400 g/mol. The number of esters is 1. The van der Waals surface area contributed by atoms with Crippen molar-refractivity contribution in [1.29, 1.82) is 0 Å². The van der Waals surface area contributed by atoms with Crippen molar-refractivity contribution in [3.05, 3.63) is 96.3 Å². The maximum Gasteiger partial charge on any atom is 0.317 e. The molecule has 152 valence electrons. The fourth-order valence-electron chi connectivity index (χ4n) is 3.44. The second-order valence-corrected chi connectivity index (χ2v) is 7.58. The van der Waals surface area contributed by atoms with Crippen LogP contribution in [0.15, 0.2) is 89.3 Å². The van der Waals surface area contributed by atoms with Crippen molar-refractivity contribution in [2.24, 2.45) is 5.92 Å². The number of fused-ring (bicyclic) bond motifs is 1. The Balaban J connectivity index is 1.45. The molecule has 0 saturated carbocycles. The highest BCUT2D eigenvalue weighted by molar-refractivity contribution is 5.82. The van der Waals surface area contributed by atoms with E-state index in [1.807, 2.05) is 98.8 Å². The lowest BCUT2D eigenvalue weighted by Crippen LogP contribution is -2.20. The summed E-state index contributed by atoms with van der Waals surface area (Å²) in [5, 5.41) is 0.983. The highest BCUT2D eigenvalue weighted by atomic mass is 16.5. The first kappa shape index (κ1) is 19.8. The number of hydrogen-bond acceptors (Lipinski definition) is 4. The average molecular weight is 400 g/mol. The molecule has 0 aliphatic heterocycles. The number of furan rings is 1. The second-order valence-electron chi connectivity index (χ2n) is 7.58. The van der Waals surface area contributed by atoms with Crippen molar-refractivity contribution in [2.75, 3.05) is 0 Å². The van der Waals surface area contributed by atoms with Crippen LogP contribution in [0.3, 0.4) is 0 Å². The van der Waals surface area contributed by atoms with Gasteiger partial charge in [-0.3, -0.25) is 4.79 Å². The van der Waals surface area contributed by atoms with Gasteiger partial charge >= 0.3 is 5.97 Å². The molecule has 0 aliphatic carbocycles. The molecule has 0 bridgehead atoms. The minimum atomic E-state index is -0.457. The number of carbonyl (C=O) groups excluding carboxylic acids is 1. The third kappa shape index (κ3) is 4.54. The number of para-hydroxylation sites is 2. The number of carbonyl (C=O) groups is 1. The summed E-state index contributed by atoms with van der Waals surface area (Å²) in [5.74, 6) is 1.40. The van der Waals surface area contributed by atoms with Gasteiger partial charge in [-0.1, -0.05) is 62.4 Å². The van der Waals surface area contributed by atoms with Gasteiger partial charge in [-0.25, -0.2) is 0 Å². The van der Waals surface area contributed by atoms with E-state index in [0.29, 0.717) is 11.5 Å². The van der Waals surface area contributed by atoms with Gasteiger partial charge in [0.15, 0.2) is 0 Å². The lowest BCUT2D eigenvalue weighted by atomic mass is 9.93. The van der Waals surface area contributed by atoms with E-state index in [1.165, 1.54) is 0 Å². The summed E-state index contributed by atoms with van der Waals surface area (Å²) in [7, 11) is 0. The summed E-state index contributed by atoms with van der Waals surface area (Å²) in [6.07, 6.45) is 0. The normalized spacial score (nSPS) is 12.1. The Morgan fingerprint density at radius 1 is 0.867 bits per heavy atom. The lowest BCUT2D eigenvalue weighted by Gasteiger charge is -2.17. The molecule has 1 aromatic heterocycles. The van der Waals surface area contributed by atoms with Crippen LogP contribution in [0.4, 0.5) is 0 Å². The van der Waals surface area contributed by atoms with Crippen LogP contribution in [0.5, 0.6) is 11.5 Å². The molecule has 0 spiro atoms. The molecule has 4 aromatic rings. The Hall–Kier alpha value is -3.53. The van der Waals surface area contributed by atoms with Crippen LogP contribution in [0.2, 0.25) is 0 Å². The molecule has 1 heterocycles. The highest BCUT2D eigenvalue weighted by Crippen LogP contribution is 2.31. The van der Waals surface area contributed by atoms with Gasteiger partial charge in [0.05, 0.1) is 0 Å². The van der Waals surface area contributed by atoms with Crippen LogP contribution in [0.25, 0.3) is 11.0 Å². The molecule has 3 aromatic carbocycles. The first-order valence-electron chi connectivity index (χ1n) is 10.1. The van der Waals surface area contributed by atoms with Crippen molar-refractivity contribution in [3.63, 3.8) is 0 Å². The minimum absolute atomic E-state index is 0.0470. The average Bonchev–Trinajstić information content (AvgIpc) is 3.16. The number of benzene rings is 3. The van der Waals surface area contributed by atoms with E-state index >= 15 is 0 Å². The molecule has 0 saturated heterocycles. The van der Waals surface area contributed by atoms with Crippen molar-refractivity contribution < 1.29 is 18.7 Å². The van der Waals surface area contributed by atoms with Gasteiger partial charge in [-0.2, -0.15) is 0 Å². The molecule has 0 fully saturated rings. The number of rotatable bonds is 7. The van der Waals surface area contributed by atoms with Crippen molar-refractivity contribution in [3.8, 4) is 11.5 Å².